The fourth-order valence-electron chi connectivity index (χ4n) is 2.07. The quantitative estimate of drug-likeness (QED) is 0.699. The molecule has 5 heteroatoms. The summed E-state index contributed by atoms with van der Waals surface area (Å²) in [7, 11) is 0. The Kier molecular flexibility index (Phi) is 2.52. The van der Waals surface area contributed by atoms with Crippen molar-refractivity contribution >= 4 is 22.5 Å². The molecule has 3 rings (SSSR count). The van der Waals surface area contributed by atoms with Gasteiger partial charge in [-0.1, -0.05) is 0 Å². The van der Waals surface area contributed by atoms with Crippen LogP contribution >= 0.6 is 0 Å². The first-order valence-corrected chi connectivity index (χ1v) is 5.72. The number of hydrogen-bond acceptors (Lipinski definition) is 4. The predicted octanol–water partition coefficient (Wildman–Crippen LogP) is 2.60. The molecule has 0 unspecified atom stereocenters. The van der Waals surface area contributed by atoms with Crippen molar-refractivity contribution in [3.8, 4) is 11.1 Å². The van der Waals surface area contributed by atoms with Crippen LogP contribution in [0.5, 0.6) is 0 Å². The van der Waals surface area contributed by atoms with Crippen molar-refractivity contribution in [1.29, 1.82) is 0 Å². The molecule has 0 atom stereocenters. The summed E-state index contributed by atoms with van der Waals surface area (Å²) in [6.45, 7) is 0. The Bertz CT molecular complexity index is 770. The van der Waals surface area contributed by atoms with Gasteiger partial charge in [-0.15, -0.1) is 0 Å². The van der Waals surface area contributed by atoms with Gasteiger partial charge < -0.3 is 11.5 Å². The van der Waals surface area contributed by atoms with Gasteiger partial charge >= 0.3 is 0 Å². The monoisotopic (exact) mass is 254 g/mol. The lowest BCUT2D eigenvalue weighted by atomic mass is 10.0. The number of nitrogen functional groups attached to an aromatic ring is 2. The lowest BCUT2D eigenvalue weighted by molar-refractivity contribution is 0.639. The first kappa shape index (κ1) is 11.4. The first-order valence-electron chi connectivity index (χ1n) is 5.72. The van der Waals surface area contributed by atoms with Crippen molar-refractivity contribution in [2.75, 3.05) is 11.5 Å². The Morgan fingerprint density at radius 1 is 0.947 bits per heavy atom. The molecule has 0 radical (unpaired) electrons. The molecule has 0 aliphatic rings. The number of anilines is 2. The number of aromatic nitrogens is 2. The highest BCUT2D eigenvalue weighted by Crippen LogP contribution is 2.31. The summed E-state index contributed by atoms with van der Waals surface area (Å²) < 4.78 is 13.7. The highest BCUT2D eigenvalue weighted by Gasteiger charge is 2.11. The average molecular weight is 254 g/mol. The largest absolute Gasteiger partial charge is 0.384 e. The number of halogens is 1. The van der Waals surface area contributed by atoms with E-state index in [-0.39, 0.29) is 5.82 Å². The molecule has 0 aliphatic carbocycles. The van der Waals surface area contributed by atoms with E-state index in [4.69, 9.17) is 11.5 Å². The Labute approximate surface area is 108 Å². The lowest BCUT2D eigenvalue weighted by Crippen LogP contribution is -1.99. The summed E-state index contributed by atoms with van der Waals surface area (Å²) in [6, 6.07) is 9.84. The molecule has 4 N–H and O–H groups in total. The van der Waals surface area contributed by atoms with E-state index < -0.39 is 0 Å². The van der Waals surface area contributed by atoms with Crippen LogP contribution in [0.15, 0.2) is 42.6 Å². The second kappa shape index (κ2) is 4.20. The molecule has 0 bridgehead atoms. The van der Waals surface area contributed by atoms with Crippen LogP contribution in [0, 0.1) is 5.82 Å². The van der Waals surface area contributed by atoms with Crippen LogP contribution in [0.25, 0.3) is 22.0 Å². The van der Waals surface area contributed by atoms with Crippen LogP contribution in [-0.2, 0) is 0 Å². The Balaban J connectivity index is 2.34. The molecule has 4 nitrogen and oxygen atoms in total. The third kappa shape index (κ3) is 1.85. The average Bonchev–Trinajstić information content (AvgIpc) is 2.41. The molecule has 3 aromatic rings. The molecule has 94 valence electrons. The molecular weight excluding hydrogens is 243 g/mol. The highest BCUT2D eigenvalue weighted by atomic mass is 19.1. The summed E-state index contributed by atoms with van der Waals surface area (Å²) in [6.07, 6.45) is 1.62. The van der Waals surface area contributed by atoms with Gasteiger partial charge in [-0.3, -0.25) is 4.98 Å². The van der Waals surface area contributed by atoms with Crippen molar-refractivity contribution in [3.63, 3.8) is 0 Å². The molecule has 0 aliphatic heterocycles. The summed E-state index contributed by atoms with van der Waals surface area (Å²) >= 11 is 0. The number of pyridine rings is 2. The van der Waals surface area contributed by atoms with Gasteiger partial charge in [-0.25, -0.2) is 9.37 Å². The maximum atomic E-state index is 13.7. The molecule has 0 spiro atoms. The molecule has 1 aromatic carbocycles. The van der Waals surface area contributed by atoms with Gasteiger partial charge in [0.15, 0.2) is 0 Å². The lowest BCUT2D eigenvalue weighted by Gasteiger charge is -2.09. The standard InChI is InChI=1S/C14H11FN4/c15-11-5-3-8(13-10(11)2-1-7-18-13)9-4-6-12(16)19-14(9)17/h1-7H,(H4,16,17,19). The smallest absolute Gasteiger partial charge is 0.133 e. The normalized spacial score (nSPS) is 10.8. The summed E-state index contributed by atoms with van der Waals surface area (Å²) in [5.41, 5.74) is 13.4. The van der Waals surface area contributed by atoms with E-state index in [9.17, 15) is 4.39 Å². The molecule has 19 heavy (non-hydrogen) atoms. The van der Waals surface area contributed by atoms with Crippen molar-refractivity contribution < 1.29 is 4.39 Å². The summed E-state index contributed by atoms with van der Waals surface area (Å²) in [4.78, 5) is 8.24. The zero-order valence-electron chi connectivity index (χ0n) is 9.97. The number of nitrogens with zero attached hydrogens (tertiary/aromatic N) is 2. The molecule has 0 fully saturated rings. The molecule has 2 heterocycles. The number of nitrogens with two attached hydrogens (primary N) is 2. The van der Waals surface area contributed by atoms with E-state index in [2.05, 4.69) is 9.97 Å². The number of rotatable bonds is 1. The van der Waals surface area contributed by atoms with Crippen LogP contribution in [0.2, 0.25) is 0 Å². The summed E-state index contributed by atoms with van der Waals surface area (Å²) in [5, 5.41) is 0.455. The fraction of sp³-hybridized carbons (Fsp3) is 0. The van der Waals surface area contributed by atoms with E-state index in [1.54, 1.807) is 36.5 Å². The zero-order chi connectivity index (χ0) is 13.4. The summed E-state index contributed by atoms with van der Waals surface area (Å²) in [5.74, 6) is 0.341. The van der Waals surface area contributed by atoms with Crippen molar-refractivity contribution in [2.45, 2.75) is 0 Å². The van der Waals surface area contributed by atoms with Crippen LogP contribution in [-0.4, -0.2) is 9.97 Å². The van der Waals surface area contributed by atoms with E-state index >= 15 is 0 Å². The van der Waals surface area contributed by atoms with E-state index in [0.29, 0.717) is 28.1 Å². The van der Waals surface area contributed by atoms with Crippen LogP contribution in [0.1, 0.15) is 0 Å². The van der Waals surface area contributed by atoms with Crippen molar-refractivity contribution in [3.05, 3.63) is 48.4 Å². The van der Waals surface area contributed by atoms with Crippen molar-refractivity contribution in [1.82, 2.24) is 9.97 Å². The number of hydrogen-bond donors (Lipinski definition) is 2. The van der Waals surface area contributed by atoms with E-state index in [1.807, 2.05) is 0 Å². The zero-order valence-corrected chi connectivity index (χ0v) is 9.97. The minimum Gasteiger partial charge on any atom is -0.384 e. The second-order valence-electron chi connectivity index (χ2n) is 4.16. The minimum absolute atomic E-state index is 0.304. The van der Waals surface area contributed by atoms with Gasteiger partial charge in [0, 0.05) is 22.7 Å². The fourth-order valence-corrected chi connectivity index (χ4v) is 2.07. The van der Waals surface area contributed by atoms with Gasteiger partial charge in [0.2, 0.25) is 0 Å². The van der Waals surface area contributed by atoms with E-state index in [0.717, 1.165) is 5.56 Å². The van der Waals surface area contributed by atoms with Crippen LogP contribution in [0.4, 0.5) is 16.0 Å². The molecule has 0 saturated carbocycles. The van der Waals surface area contributed by atoms with Gasteiger partial charge in [-0.05, 0) is 36.4 Å². The topological polar surface area (TPSA) is 77.8 Å². The third-order valence-electron chi connectivity index (χ3n) is 2.95. The number of benzene rings is 1. The Morgan fingerprint density at radius 3 is 2.53 bits per heavy atom. The first-order chi connectivity index (χ1) is 9.16. The number of fused-ring (bicyclic) bond motifs is 1. The third-order valence-corrected chi connectivity index (χ3v) is 2.95. The molecule has 2 aromatic heterocycles. The maximum absolute atomic E-state index is 13.7. The van der Waals surface area contributed by atoms with Crippen molar-refractivity contribution in [2.24, 2.45) is 0 Å². The minimum atomic E-state index is -0.311. The molecule has 0 saturated heterocycles. The Morgan fingerprint density at radius 2 is 1.74 bits per heavy atom. The van der Waals surface area contributed by atoms with E-state index in [1.165, 1.54) is 6.07 Å². The van der Waals surface area contributed by atoms with Gasteiger partial charge in [-0.2, -0.15) is 0 Å². The predicted molar refractivity (Wildman–Crippen MR) is 73.8 cm³/mol. The van der Waals surface area contributed by atoms with Gasteiger partial charge in [0.1, 0.15) is 17.5 Å². The second-order valence-corrected chi connectivity index (χ2v) is 4.16. The molecule has 0 amide bonds. The van der Waals surface area contributed by atoms with Gasteiger partial charge in [0.05, 0.1) is 5.52 Å². The molecular formula is C14H11FN4. The van der Waals surface area contributed by atoms with Gasteiger partial charge in [0.25, 0.3) is 0 Å². The SMILES string of the molecule is Nc1ccc(-c2ccc(F)c3cccnc23)c(N)n1. The Hall–Kier alpha value is -2.69. The van der Waals surface area contributed by atoms with Crippen LogP contribution < -0.4 is 11.5 Å². The highest BCUT2D eigenvalue weighted by molar-refractivity contribution is 5.96. The maximum Gasteiger partial charge on any atom is 0.133 e. The van der Waals surface area contributed by atoms with Crippen LogP contribution in [0.3, 0.4) is 0 Å².